The van der Waals surface area contributed by atoms with E-state index < -0.39 is 17.2 Å². The van der Waals surface area contributed by atoms with Crippen molar-refractivity contribution in [1.82, 2.24) is 14.9 Å². The second kappa shape index (κ2) is 8.99. The lowest BCUT2D eigenvalue weighted by Gasteiger charge is -2.25. The minimum Gasteiger partial charge on any atom is -0.471 e. The van der Waals surface area contributed by atoms with Gasteiger partial charge in [-0.2, -0.15) is 4.98 Å². The number of carbonyl (C=O) groups excluding carboxylic acids is 1. The first-order chi connectivity index (χ1) is 14.2. The first-order valence-electron chi connectivity index (χ1n) is 9.58. The van der Waals surface area contributed by atoms with Gasteiger partial charge in [-0.15, -0.1) is 0 Å². The van der Waals surface area contributed by atoms with Crippen LogP contribution in [0, 0.1) is 11.6 Å². The molecule has 162 valence electrons. The zero-order chi connectivity index (χ0) is 22.0. The lowest BCUT2D eigenvalue weighted by molar-refractivity contribution is -0.119. The molecule has 0 bridgehead atoms. The average molecular weight is 441 g/mol. The summed E-state index contributed by atoms with van der Waals surface area (Å²) in [6.45, 7) is 5.91. The van der Waals surface area contributed by atoms with E-state index in [0.29, 0.717) is 25.5 Å². The molecule has 1 fully saturated rings. The third-order valence-corrected chi connectivity index (χ3v) is 5.11. The summed E-state index contributed by atoms with van der Waals surface area (Å²) in [5, 5.41) is 2.65. The largest absolute Gasteiger partial charge is 0.471 e. The number of nitrogens with one attached hydrogen (secondary N) is 1. The van der Waals surface area contributed by atoms with Gasteiger partial charge in [0.1, 0.15) is 18.2 Å². The summed E-state index contributed by atoms with van der Waals surface area (Å²) in [5.74, 6) is -1.35. The summed E-state index contributed by atoms with van der Waals surface area (Å²) in [5.41, 5.74) is -0.370. The van der Waals surface area contributed by atoms with Crippen molar-refractivity contribution < 1.29 is 18.3 Å². The highest BCUT2D eigenvalue weighted by atomic mass is 35.5. The zero-order valence-electron chi connectivity index (χ0n) is 16.9. The van der Waals surface area contributed by atoms with Gasteiger partial charge in [0.25, 0.3) is 5.56 Å². The fraction of sp³-hybridized carbons (Fsp3) is 0.450. The summed E-state index contributed by atoms with van der Waals surface area (Å²) in [6, 6.07) is 2.84. The Morgan fingerprint density at radius 1 is 1.40 bits per heavy atom. The van der Waals surface area contributed by atoms with Crippen LogP contribution in [0.15, 0.2) is 23.0 Å². The van der Waals surface area contributed by atoms with Crippen molar-refractivity contribution in [3.8, 4) is 5.88 Å². The van der Waals surface area contributed by atoms with Gasteiger partial charge < -0.3 is 15.0 Å². The van der Waals surface area contributed by atoms with Gasteiger partial charge in [0.15, 0.2) is 5.02 Å². The van der Waals surface area contributed by atoms with Gasteiger partial charge >= 0.3 is 0 Å². The zero-order valence-corrected chi connectivity index (χ0v) is 17.7. The number of amides is 1. The van der Waals surface area contributed by atoms with Crippen molar-refractivity contribution in [3.63, 3.8) is 0 Å². The predicted octanol–water partition coefficient (Wildman–Crippen LogP) is 3.05. The fourth-order valence-corrected chi connectivity index (χ4v) is 3.59. The molecule has 1 aliphatic heterocycles. The molecule has 0 unspecified atom stereocenters. The number of hydrogen-bond donors (Lipinski definition) is 1. The van der Waals surface area contributed by atoms with Crippen LogP contribution in [-0.2, 0) is 11.4 Å². The Balaban J connectivity index is 1.91. The highest BCUT2D eigenvalue weighted by molar-refractivity contribution is 6.31. The van der Waals surface area contributed by atoms with Crippen LogP contribution in [0.4, 0.5) is 14.7 Å². The minimum absolute atomic E-state index is 0.0617. The minimum atomic E-state index is -0.764. The Hall–Kier alpha value is -2.68. The molecule has 1 atom stereocenters. The van der Waals surface area contributed by atoms with Gasteiger partial charge in [0, 0.05) is 43.7 Å². The number of halogens is 3. The summed E-state index contributed by atoms with van der Waals surface area (Å²) in [4.78, 5) is 30.5. The molecule has 10 heteroatoms. The number of carbonyl (C=O) groups is 1. The fourth-order valence-electron chi connectivity index (χ4n) is 3.40. The Morgan fingerprint density at radius 3 is 2.77 bits per heavy atom. The number of benzene rings is 1. The maximum absolute atomic E-state index is 13.9. The van der Waals surface area contributed by atoms with Crippen molar-refractivity contribution in [3.05, 3.63) is 50.8 Å². The Morgan fingerprint density at radius 2 is 2.13 bits per heavy atom. The van der Waals surface area contributed by atoms with Crippen LogP contribution >= 0.6 is 11.6 Å². The monoisotopic (exact) mass is 440 g/mol. The van der Waals surface area contributed by atoms with Crippen LogP contribution in [-0.4, -0.2) is 34.6 Å². The molecule has 0 spiro atoms. The molecule has 0 radical (unpaired) electrons. The van der Waals surface area contributed by atoms with Crippen LogP contribution in [0.1, 0.15) is 38.8 Å². The van der Waals surface area contributed by atoms with E-state index in [1.807, 2.05) is 18.7 Å². The Bertz CT molecular complexity index is 1010. The van der Waals surface area contributed by atoms with E-state index in [4.69, 9.17) is 16.3 Å². The molecular weight excluding hydrogens is 418 g/mol. The molecule has 0 saturated carbocycles. The van der Waals surface area contributed by atoms with Crippen LogP contribution in [0.25, 0.3) is 0 Å². The molecule has 1 N–H and O–H groups in total. The van der Waals surface area contributed by atoms with E-state index in [2.05, 4.69) is 10.3 Å². The summed E-state index contributed by atoms with van der Waals surface area (Å²) in [7, 11) is 0. The molecule has 30 heavy (non-hydrogen) atoms. The molecule has 7 nitrogen and oxygen atoms in total. The quantitative estimate of drug-likeness (QED) is 0.747. The number of ether oxygens (including phenoxy) is 1. The Kier molecular flexibility index (Phi) is 6.60. The molecule has 1 aliphatic rings. The number of nitrogens with zero attached hydrogens (tertiary/aromatic N) is 3. The molecule has 2 heterocycles. The lowest BCUT2D eigenvalue weighted by atomic mass is 10.2. The second-order valence-corrected chi connectivity index (χ2v) is 7.83. The van der Waals surface area contributed by atoms with Crippen molar-refractivity contribution in [2.75, 3.05) is 18.0 Å². The van der Waals surface area contributed by atoms with Crippen LogP contribution in [0.5, 0.6) is 5.88 Å². The number of anilines is 1. The van der Waals surface area contributed by atoms with E-state index in [1.54, 1.807) is 0 Å². The van der Waals surface area contributed by atoms with Gasteiger partial charge in [0.05, 0.1) is 0 Å². The van der Waals surface area contributed by atoms with Gasteiger partial charge in [0.2, 0.25) is 17.7 Å². The van der Waals surface area contributed by atoms with Crippen molar-refractivity contribution in [1.29, 1.82) is 0 Å². The van der Waals surface area contributed by atoms with Gasteiger partial charge in [-0.05, 0) is 32.4 Å². The predicted molar refractivity (Wildman–Crippen MR) is 109 cm³/mol. The van der Waals surface area contributed by atoms with Crippen LogP contribution in [0.2, 0.25) is 5.02 Å². The van der Waals surface area contributed by atoms with E-state index in [0.717, 1.165) is 12.1 Å². The molecule has 0 aliphatic carbocycles. The number of hydrogen-bond acceptors (Lipinski definition) is 5. The molecule has 1 saturated heterocycles. The van der Waals surface area contributed by atoms with Crippen molar-refractivity contribution >= 4 is 23.5 Å². The third kappa shape index (κ3) is 4.72. The van der Waals surface area contributed by atoms with Gasteiger partial charge in [-0.1, -0.05) is 11.6 Å². The summed E-state index contributed by atoms with van der Waals surface area (Å²) in [6.07, 6.45) is 0.702. The second-order valence-electron chi connectivity index (χ2n) is 7.46. The third-order valence-electron chi connectivity index (χ3n) is 4.79. The first-order valence-corrected chi connectivity index (χ1v) is 9.96. The summed E-state index contributed by atoms with van der Waals surface area (Å²) < 4.78 is 34.0. The SMILES string of the molecule is CC(=O)N[C@H]1CCN(c2nc(OCc3ccc(F)cc3F)c(Cl)c(=O)n2C(C)C)C1. The molecule has 2 aromatic rings. The molecule has 1 amide bonds. The highest BCUT2D eigenvalue weighted by Gasteiger charge is 2.29. The smallest absolute Gasteiger partial charge is 0.277 e. The van der Waals surface area contributed by atoms with E-state index in [1.165, 1.54) is 17.6 Å². The van der Waals surface area contributed by atoms with Crippen LogP contribution < -0.4 is 20.5 Å². The van der Waals surface area contributed by atoms with E-state index >= 15 is 0 Å². The standard InChI is InChI=1S/C20H23ClF2N4O3/c1-11(2)27-19(29)17(21)18(30-10-13-4-5-14(22)8-16(13)23)25-20(27)26-7-6-15(9-26)24-12(3)28/h4-5,8,11,15H,6-7,9-10H2,1-3H3,(H,24,28)/t15-/m0/s1. The van der Waals surface area contributed by atoms with Gasteiger partial charge in [-0.25, -0.2) is 8.78 Å². The molecule has 3 rings (SSSR count). The van der Waals surface area contributed by atoms with Crippen LogP contribution in [0.3, 0.4) is 0 Å². The van der Waals surface area contributed by atoms with Crippen molar-refractivity contribution in [2.45, 2.75) is 45.9 Å². The highest BCUT2D eigenvalue weighted by Crippen LogP contribution is 2.27. The molecular formula is C20H23ClF2N4O3. The average Bonchev–Trinajstić information content (AvgIpc) is 3.11. The number of rotatable bonds is 6. The first kappa shape index (κ1) is 22.0. The Labute approximate surface area is 177 Å². The summed E-state index contributed by atoms with van der Waals surface area (Å²) >= 11 is 6.20. The van der Waals surface area contributed by atoms with Gasteiger partial charge in [-0.3, -0.25) is 14.2 Å². The van der Waals surface area contributed by atoms with Crippen molar-refractivity contribution in [2.24, 2.45) is 0 Å². The normalized spacial score (nSPS) is 16.2. The maximum Gasteiger partial charge on any atom is 0.277 e. The molecule has 1 aromatic heterocycles. The van der Waals surface area contributed by atoms with E-state index in [-0.39, 0.29) is 41.1 Å². The van der Waals surface area contributed by atoms with E-state index in [9.17, 15) is 18.4 Å². The topological polar surface area (TPSA) is 76.5 Å². The molecule has 1 aromatic carbocycles. The maximum atomic E-state index is 13.9. The number of aromatic nitrogens is 2. The lowest BCUT2D eigenvalue weighted by Crippen LogP contribution is -2.38.